The summed E-state index contributed by atoms with van der Waals surface area (Å²) >= 11 is 0. The van der Waals surface area contributed by atoms with Crippen molar-refractivity contribution < 1.29 is 0 Å². The maximum Gasteiger partial charge on any atom is 0.177 e. The Morgan fingerprint density at radius 1 is 1.08 bits per heavy atom. The van der Waals surface area contributed by atoms with E-state index in [0.29, 0.717) is 6.04 Å². The second-order valence-electron chi connectivity index (χ2n) is 6.88. The average molecular weight is 336 g/mol. The van der Waals surface area contributed by atoms with Gasteiger partial charge in [0.2, 0.25) is 0 Å². The number of nitrogens with zero attached hydrogens (tertiary/aromatic N) is 8. The van der Waals surface area contributed by atoms with Gasteiger partial charge in [0.05, 0.1) is 11.7 Å². The van der Waals surface area contributed by atoms with Gasteiger partial charge in [-0.1, -0.05) is 0 Å². The fourth-order valence-corrected chi connectivity index (χ4v) is 3.61. The van der Waals surface area contributed by atoms with E-state index in [0.717, 1.165) is 43.2 Å². The van der Waals surface area contributed by atoms with Crippen molar-refractivity contribution in [2.75, 3.05) is 29.9 Å². The highest BCUT2D eigenvalue weighted by Crippen LogP contribution is 2.26. The summed E-state index contributed by atoms with van der Waals surface area (Å²) in [6, 6.07) is 6.60. The predicted octanol–water partition coefficient (Wildman–Crippen LogP) is 1.12. The zero-order valence-electron chi connectivity index (χ0n) is 14.2. The molecule has 2 aliphatic rings. The van der Waals surface area contributed by atoms with Crippen LogP contribution in [0.1, 0.15) is 24.1 Å². The largest absolute Gasteiger partial charge is 0.352 e. The van der Waals surface area contributed by atoms with Crippen molar-refractivity contribution in [1.82, 2.24) is 30.0 Å². The minimum absolute atomic E-state index is 0.425. The molecule has 5 rings (SSSR count). The smallest absolute Gasteiger partial charge is 0.177 e. The van der Waals surface area contributed by atoms with Crippen molar-refractivity contribution in [1.29, 1.82) is 0 Å². The number of anilines is 2. The van der Waals surface area contributed by atoms with Gasteiger partial charge >= 0.3 is 0 Å². The molecule has 0 amide bonds. The van der Waals surface area contributed by atoms with Gasteiger partial charge in [0.15, 0.2) is 11.5 Å². The molecule has 128 valence electrons. The maximum atomic E-state index is 4.55. The highest BCUT2D eigenvalue weighted by molar-refractivity contribution is 5.51. The molecule has 0 bridgehead atoms. The summed E-state index contributed by atoms with van der Waals surface area (Å²) in [4.78, 5) is 4.50. The monoisotopic (exact) mass is 336 g/mol. The number of likely N-dealkylation sites (N-methyl/N-ethyl adjacent to an activating group) is 1. The van der Waals surface area contributed by atoms with E-state index in [4.69, 9.17) is 0 Å². The summed E-state index contributed by atoms with van der Waals surface area (Å²) in [6.45, 7) is 1.85. The topological polar surface area (TPSA) is 75.3 Å². The lowest BCUT2D eigenvalue weighted by Crippen LogP contribution is -2.59. The molecule has 1 aliphatic heterocycles. The van der Waals surface area contributed by atoms with Crippen LogP contribution in [0.15, 0.2) is 24.5 Å². The van der Waals surface area contributed by atoms with Gasteiger partial charge in [-0.15, -0.1) is 20.4 Å². The van der Waals surface area contributed by atoms with Gasteiger partial charge in [-0.3, -0.25) is 0 Å². The minimum Gasteiger partial charge on any atom is -0.352 e. The number of aromatic nitrogens is 6. The molecule has 0 atom stereocenters. The molecule has 0 saturated carbocycles. The van der Waals surface area contributed by atoms with E-state index in [1.165, 1.54) is 24.1 Å². The lowest BCUT2D eigenvalue weighted by molar-refractivity contribution is 0.485. The zero-order chi connectivity index (χ0) is 16.8. The molecule has 25 heavy (non-hydrogen) atoms. The molecule has 3 aromatic heterocycles. The Hall–Kier alpha value is -2.77. The summed E-state index contributed by atoms with van der Waals surface area (Å²) in [5, 5.41) is 21.3. The Morgan fingerprint density at radius 2 is 1.96 bits per heavy atom. The van der Waals surface area contributed by atoms with Crippen LogP contribution in [0, 0.1) is 0 Å². The lowest BCUT2D eigenvalue weighted by Gasteiger charge is -2.44. The molecule has 4 heterocycles. The molecule has 0 aromatic carbocycles. The van der Waals surface area contributed by atoms with Crippen molar-refractivity contribution >= 4 is 17.3 Å². The van der Waals surface area contributed by atoms with Crippen molar-refractivity contribution in [2.45, 2.75) is 31.7 Å². The highest BCUT2D eigenvalue weighted by atomic mass is 15.4. The number of rotatable bonds is 3. The van der Waals surface area contributed by atoms with Crippen molar-refractivity contribution in [3.63, 3.8) is 0 Å². The second-order valence-corrected chi connectivity index (χ2v) is 6.88. The van der Waals surface area contributed by atoms with E-state index in [1.54, 1.807) is 10.8 Å². The molecular weight excluding hydrogens is 316 g/mol. The molecule has 1 aliphatic carbocycles. The third kappa shape index (κ3) is 2.48. The molecule has 0 N–H and O–H groups in total. The Bertz CT molecular complexity index is 914. The summed E-state index contributed by atoms with van der Waals surface area (Å²) in [7, 11) is 2.11. The summed E-state index contributed by atoms with van der Waals surface area (Å²) in [5.41, 5.74) is 3.33. The first-order chi connectivity index (χ1) is 12.3. The first-order valence-electron chi connectivity index (χ1n) is 8.78. The molecule has 8 nitrogen and oxygen atoms in total. The number of hydrogen-bond donors (Lipinski definition) is 0. The first kappa shape index (κ1) is 14.6. The van der Waals surface area contributed by atoms with E-state index in [2.05, 4.69) is 48.4 Å². The molecular formula is C17H20N8. The third-order valence-electron chi connectivity index (χ3n) is 5.30. The van der Waals surface area contributed by atoms with Gasteiger partial charge in [-0.25, -0.2) is 0 Å². The standard InChI is InChI=1S/C17H20N8/c1-23(17-8-12-4-2-3-5-14(12)19-21-17)13-9-24(10-13)16-7-6-15-20-18-11-25(15)22-16/h6-8,11,13H,2-5,9-10H2,1H3. The van der Waals surface area contributed by atoms with Crippen LogP contribution in [0.4, 0.5) is 11.6 Å². The molecule has 0 unspecified atom stereocenters. The second kappa shape index (κ2) is 5.65. The minimum atomic E-state index is 0.425. The van der Waals surface area contributed by atoms with Crippen LogP contribution in [-0.4, -0.2) is 56.2 Å². The van der Waals surface area contributed by atoms with Crippen molar-refractivity contribution in [3.8, 4) is 0 Å². The molecule has 1 fully saturated rings. The van der Waals surface area contributed by atoms with Crippen LogP contribution in [0.3, 0.4) is 0 Å². The van der Waals surface area contributed by atoms with E-state index in [1.807, 2.05) is 12.1 Å². The molecule has 8 heteroatoms. The normalized spacial score (nSPS) is 17.4. The number of aryl methyl sites for hydroxylation is 2. The van der Waals surface area contributed by atoms with E-state index >= 15 is 0 Å². The SMILES string of the molecule is CN(c1cc2c(nn1)CCCC2)C1CN(c2ccc3nncn3n2)C1. The zero-order valence-corrected chi connectivity index (χ0v) is 14.2. The van der Waals surface area contributed by atoms with Gasteiger partial charge < -0.3 is 9.80 Å². The highest BCUT2D eigenvalue weighted by Gasteiger charge is 2.32. The maximum absolute atomic E-state index is 4.55. The fraction of sp³-hybridized carbons (Fsp3) is 0.471. The average Bonchev–Trinajstić information content (AvgIpc) is 3.08. The van der Waals surface area contributed by atoms with Crippen LogP contribution >= 0.6 is 0 Å². The quantitative estimate of drug-likeness (QED) is 0.709. The first-order valence-corrected chi connectivity index (χ1v) is 8.78. The van der Waals surface area contributed by atoms with Crippen LogP contribution < -0.4 is 9.80 Å². The molecule has 3 aromatic rings. The molecule has 1 saturated heterocycles. The van der Waals surface area contributed by atoms with Crippen molar-refractivity contribution in [3.05, 3.63) is 35.8 Å². The Morgan fingerprint density at radius 3 is 2.88 bits per heavy atom. The van der Waals surface area contributed by atoms with Gasteiger partial charge in [0, 0.05) is 20.1 Å². The Kier molecular flexibility index (Phi) is 3.29. The fourth-order valence-electron chi connectivity index (χ4n) is 3.61. The van der Waals surface area contributed by atoms with Crippen LogP contribution in [-0.2, 0) is 12.8 Å². The van der Waals surface area contributed by atoms with Gasteiger partial charge in [-0.2, -0.15) is 9.61 Å². The Balaban J connectivity index is 1.29. The summed E-state index contributed by atoms with van der Waals surface area (Å²) in [5.74, 6) is 1.93. The number of hydrogen-bond acceptors (Lipinski definition) is 7. The summed E-state index contributed by atoms with van der Waals surface area (Å²) in [6.07, 6.45) is 6.33. The van der Waals surface area contributed by atoms with E-state index in [-0.39, 0.29) is 0 Å². The molecule has 0 spiro atoms. The number of fused-ring (bicyclic) bond motifs is 2. The van der Waals surface area contributed by atoms with E-state index in [9.17, 15) is 0 Å². The van der Waals surface area contributed by atoms with Crippen LogP contribution in [0.2, 0.25) is 0 Å². The van der Waals surface area contributed by atoms with E-state index < -0.39 is 0 Å². The lowest BCUT2D eigenvalue weighted by atomic mass is 9.96. The summed E-state index contributed by atoms with van der Waals surface area (Å²) < 4.78 is 1.71. The predicted molar refractivity (Wildman–Crippen MR) is 93.9 cm³/mol. The van der Waals surface area contributed by atoms with Gasteiger partial charge in [-0.05, 0) is 49.4 Å². The third-order valence-corrected chi connectivity index (χ3v) is 5.30. The Labute approximate surface area is 145 Å². The van der Waals surface area contributed by atoms with Gasteiger partial charge in [0.1, 0.15) is 12.1 Å². The van der Waals surface area contributed by atoms with Crippen LogP contribution in [0.25, 0.3) is 5.65 Å². The molecule has 0 radical (unpaired) electrons. The van der Waals surface area contributed by atoms with Crippen molar-refractivity contribution in [2.24, 2.45) is 0 Å². The van der Waals surface area contributed by atoms with Crippen LogP contribution in [0.5, 0.6) is 0 Å². The van der Waals surface area contributed by atoms with Gasteiger partial charge in [0.25, 0.3) is 0 Å².